The van der Waals surface area contributed by atoms with Gasteiger partial charge in [0, 0.05) is 31.4 Å². The van der Waals surface area contributed by atoms with Crippen LogP contribution < -0.4 is 10.6 Å². The fraction of sp³-hybridized carbons (Fsp3) is 0.333. The summed E-state index contributed by atoms with van der Waals surface area (Å²) in [6.07, 6.45) is 3.54. The van der Waals surface area contributed by atoms with Crippen molar-refractivity contribution in [2.75, 3.05) is 12.4 Å². The van der Waals surface area contributed by atoms with Crippen LogP contribution in [0.5, 0.6) is 0 Å². The number of benzene rings is 1. The number of carbonyl (C=O) groups is 1. The molecule has 0 bridgehead atoms. The van der Waals surface area contributed by atoms with Crippen molar-refractivity contribution in [1.29, 1.82) is 0 Å². The number of nitrogens with one attached hydrogen (secondary N) is 2. The van der Waals surface area contributed by atoms with Gasteiger partial charge in [0.05, 0.1) is 12.8 Å². The van der Waals surface area contributed by atoms with E-state index in [0.717, 1.165) is 24.4 Å². The van der Waals surface area contributed by atoms with Crippen molar-refractivity contribution in [3.8, 4) is 0 Å². The Hall–Kier alpha value is -3.06. The molecular formula is C21H27N5O2. The molecule has 7 nitrogen and oxygen atoms in total. The molecule has 7 heteroatoms. The Kier molecular flexibility index (Phi) is 6.49. The Balaban J connectivity index is 1.54. The van der Waals surface area contributed by atoms with Gasteiger partial charge in [-0.1, -0.05) is 24.3 Å². The lowest BCUT2D eigenvalue weighted by molar-refractivity contribution is 0.251. The zero-order valence-electron chi connectivity index (χ0n) is 16.6. The van der Waals surface area contributed by atoms with Gasteiger partial charge in [-0.2, -0.15) is 5.10 Å². The van der Waals surface area contributed by atoms with Crippen LogP contribution >= 0.6 is 0 Å². The van der Waals surface area contributed by atoms with Gasteiger partial charge in [-0.25, -0.2) is 4.79 Å². The second-order valence-electron chi connectivity index (χ2n) is 7.10. The normalized spacial score (nSPS) is 11.2. The second kappa shape index (κ2) is 9.23. The van der Waals surface area contributed by atoms with Gasteiger partial charge in [0.25, 0.3) is 0 Å². The summed E-state index contributed by atoms with van der Waals surface area (Å²) in [5.41, 5.74) is 2.25. The summed E-state index contributed by atoms with van der Waals surface area (Å²) in [6.45, 7) is 6.02. The molecule has 0 radical (unpaired) electrons. The molecule has 0 aliphatic heterocycles. The largest absolute Gasteiger partial charge is 0.468 e. The molecule has 0 atom stereocenters. The zero-order valence-corrected chi connectivity index (χ0v) is 16.6. The van der Waals surface area contributed by atoms with Crippen LogP contribution in [0.4, 0.5) is 10.6 Å². The Labute approximate surface area is 165 Å². The number of urea groups is 1. The van der Waals surface area contributed by atoms with Crippen molar-refractivity contribution in [1.82, 2.24) is 20.0 Å². The van der Waals surface area contributed by atoms with Gasteiger partial charge in [0.15, 0.2) is 5.82 Å². The van der Waals surface area contributed by atoms with Crippen LogP contribution in [0.25, 0.3) is 0 Å². The minimum absolute atomic E-state index is 0.253. The van der Waals surface area contributed by atoms with Crippen molar-refractivity contribution in [3.05, 3.63) is 71.8 Å². The molecule has 0 fully saturated rings. The third kappa shape index (κ3) is 5.47. The highest BCUT2D eigenvalue weighted by molar-refractivity contribution is 5.88. The molecular weight excluding hydrogens is 354 g/mol. The molecule has 28 heavy (non-hydrogen) atoms. The molecule has 0 aliphatic rings. The fourth-order valence-electron chi connectivity index (χ4n) is 2.93. The summed E-state index contributed by atoms with van der Waals surface area (Å²) in [7, 11) is 2.05. The van der Waals surface area contributed by atoms with E-state index in [2.05, 4.69) is 26.7 Å². The molecule has 1 aromatic carbocycles. The van der Waals surface area contributed by atoms with Gasteiger partial charge < -0.3 is 9.73 Å². The van der Waals surface area contributed by atoms with Gasteiger partial charge >= 0.3 is 6.03 Å². The van der Waals surface area contributed by atoms with Gasteiger partial charge in [-0.05, 0) is 44.2 Å². The van der Waals surface area contributed by atoms with Crippen LogP contribution in [0.15, 0.2) is 59.3 Å². The molecule has 2 amide bonds. The molecule has 0 saturated heterocycles. The third-order valence-electron chi connectivity index (χ3n) is 4.38. The quantitative estimate of drug-likeness (QED) is 0.618. The molecule has 2 aromatic heterocycles. The predicted octanol–water partition coefficient (Wildman–Crippen LogP) is 4.01. The maximum atomic E-state index is 12.2. The van der Waals surface area contributed by atoms with E-state index in [-0.39, 0.29) is 12.1 Å². The van der Waals surface area contributed by atoms with Crippen LogP contribution in [-0.4, -0.2) is 27.8 Å². The number of furan rings is 1. The number of aromatic nitrogens is 2. The average Bonchev–Trinajstić information content (AvgIpc) is 3.33. The standard InChI is InChI=1S/C21H27N5O2/c1-16(2)26-11-10-20(24-26)23-21(27)22-13-17-7-4-5-8-18(17)14-25(3)15-19-9-6-12-28-19/h4-12,16H,13-15H2,1-3H3,(H2,22,23,24,27). The lowest BCUT2D eigenvalue weighted by Gasteiger charge is -2.18. The molecule has 2 heterocycles. The molecule has 2 N–H and O–H groups in total. The maximum Gasteiger partial charge on any atom is 0.320 e. The number of amides is 2. The molecule has 0 unspecified atom stereocenters. The topological polar surface area (TPSA) is 75.3 Å². The summed E-state index contributed by atoms with van der Waals surface area (Å²) in [6, 6.07) is 13.7. The molecule has 0 saturated carbocycles. The number of anilines is 1. The molecule has 148 valence electrons. The number of carbonyl (C=O) groups excluding carboxylic acids is 1. The molecule has 3 aromatic rings. The number of hydrogen-bond donors (Lipinski definition) is 2. The van der Waals surface area contributed by atoms with Crippen LogP contribution in [0.2, 0.25) is 0 Å². The van der Waals surface area contributed by atoms with E-state index >= 15 is 0 Å². The van der Waals surface area contributed by atoms with E-state index in [1.54, 1.807) is 17.0 Å². The Morgan fingerprint density at radius 3 is 2.61 bits per heavy atom. The second-order valence-corrected chi connectivity index (χ2v) is 7.10. The zero-order chi connectivity index (χ0) is 19.9. The lowest BCUT2D eigenvalue weighted by atomic mass is 10.1. The summed E-state index contributed by atoms with van der Waals surface area (Å²) in [4.78, 5) is 14.4. The van der Waals surface area contributed by atoms with Crippen LogP contribution in [0, 0.1) is 0 Å². The molecule has 3 rings (SSSR count). The molecule has 0 aliphatic carbocycles. The van der Waals surface area contributed by atoms with Gasteiger partial charge in [-0.3, -0.25) is 14.9 Å². The summed E-state index contributed by atoms with van der Waals surface area (Å²) < 4.78 is 7.21. The van der Waals surface area contributed by atoms with E-state index in [1.165, 1.54) is 5.56 Å². The van der Waals surface area contributed by atoms with E-state index < -0.39 is 0 Å². The Morgan fingerprint density at radius 2 is 1.93 bits per heavy atom. The number of nitrogens with zero attached hydrogens (tertiary/aromatic N) is 3. The molecule has 0 spiro atoms. The van der Waals surface area contributed by atoms with Crippen molar-refractivity contribution in [3.63, 3.8) is 0 Å². The van der Waals surface area contributed by atoms with Crippen molar-refractivity contribution in [2.24, 2.45) is 0 Å². The van der Waals surface area contributed by atoms with E-state index in [4.69, 9.17) is 4.42 Å². The van der Waals surface area contributed by atoms with Gasteiger partial charge in [0.2, 0.25) is 0 Å². The highest BCUT2D eigenvalue weighted by Gasteiger charge is 2.10. The minimum Gasteiger partial charge on any atom is -0.468 e. The van der Waals surface area contributed by atoms with Crippen LogP contribution in [0.1, 0.15) is 36.8 Å². The van der Waals surface area contributed by atoms with Gasteiger partial charge in [0.1, 0.15) is 5.76 Å². The first-order valence-corrected chi connectivity index (χ1v) is 9.39. The van der Waals surface area contributed by atoms with Crippen LogP contribution in [-0.2, 0) is 19.6 Å². The monoisotopic (exact) mass is 381 g/mol. The SMILES string of the molecule is CC(C)n1ccc(NC(=O)NCc2ccccc2CN(C)Cc2ccco2)n1. The number of hydrogen-bond acceptors (Lipinski definition) is 4. The summed E-state index contributed by atoms with van der Waals surface area (Å²) >= 11 is 0. The maximum absolute atomic E-state index is 12.2. The van der Waals surface area contributed by atoms with Crippen molar-refractivity contribution >= 4 is 11.8 Å². The smallest absolute Gasteiger partial charge is 0.320 e. The first-order valence-electron chi connectivity index (χ1n) is 9.39. The minimum atomic E-state index is -0.271. The Morgan fingerprint density at radius 1 is 1.14 bits per heavy atom. The number of rotatable bonds is 8. The van der Waals surface area contributed by atoms with E-state index in [0.29, 0.717) is 12.4 Å². The fourth-order valence-corrected chi connectivity index (χ4v) is 2.93. The highest BCUT2D eigenvalue weighted by Crippen LogP contribution is 2.14. The third-order valence-corrected chi connectivity index (χ3v) is 4.38. The highest BCUT2D eigenvalue weighted by atomic mass is 16.3. The van der Waals surface area contributed by atoms with Crippen molar-refractivity contribution < 1.29 is 9.21 Å². The van der Waals surface area contributed by atoms with E-state index in [1.807, 2.05) is 57.4 Å². The average molecular weight is 381 g/mol. The predicted molar refractivity (Wildman–Crippen MR) is 109 cm³/mol. The van der Waals surface area contributed by atoms with Crippen LogP contribution in [0.3, 0.4) is 0 Å². The van der Waals surface area contributed by atoms with Crippen molar-refractivity contribution in [2.45, 2.75) is 39.5 Å². The van der Waals surface area contributed by atoms with E-state index in [9.17, 15) is 4.79 Å². The summed E-state index contributed by atoms with van der Waals surface area (Å²) in [5, 5.41) is 10.0. The van der Waals surface area contributed by atoms with Gasteiger partial charge in [-0.15, -0.1) is 0 Å². The lowest BCUT2D eigenvalue weighted by Crippen LogP contribution is -2.29. The summed E-state index contributed by atoms with van der Waals surface area (Å²) in [5.74, 6) is 1.47. The first-order chi connectivity index (χ1) is 13.5. The Bertz CT molecular complexity index is 886. The first kappa shape index (κ1) is 19.7.